The van der Waals surface area contributed by atoms with Crippen LogP contribution in [-0.4, -0.2) is 22.2 Å². The average Bonchev–Trinajstić information content (AvgIpc) is 2.08. The number of hydrogen-bond acceptors (Lipinski definition) is 3. The van der Waals surface area contributed by atoms with E-state index in [9.17, 15) is 4.79 Å². The topological polar surface area (TPSA) is 69.6 Å². The van der Waals surface area contributed by atoms with Crippen molar-refractivity contribution in [2.24, 2.45) is 0 Å². The molecule has 4 nitrogen and oxygen atoms in total. The van der Waals surface area contributed by atoms with Crippen molar-refractivity contribution in [1.82, 2.24) is 0 Å². The molecule has 0 heterocycles. The number of carboxylic acid groups (broad SMARTS) is 1. The zero-order valence-electron chi connectivity index (χ0n) is 7.19. The van der Waals surface area contributed by atoms with E-state index in [0.29, 0.717) is 5.69 Å². The Morgan fingerprint density at radius 1 is 1.38 bits per heavy atom. The van der Waals surface area contributed by atoms with Gasteiger partial charge >= 0.3 is 5.97 Å². The van der Waals surface area contributed by atoms with Gasteiger partial charge in [0, 0.05) is 5.69 Å². The van der Waals surface area contributed by atoms with E-state index in [1.807, 2.05) is 0 Å². The Bertz CT molecular complexity index is 294. The fourth-order valence-electron chi connectivity index (χ4n) is 0.869. The summed E-state index contributed by atoms with van der Waals surface area (Å²) in [4.78, 5) is 10.5. The third kappa shape index (κ3) is 2.66. The van der Waals surface area contributed by atoms with Crippen molar-refractivity contribution in [3.63, 3.8) is 0 Å². The summed E-state index contributed by atoms with van der Waals surface area (Å²) < 4.78 is 0. The monoisotopic (exact) mass is 181 g/mol. The van der Waals surface area contributed by atoms with Crippen LogP contribution < -0.4 is 5.32 Å². The van der Waals surface area contributed by atoms with Gasteiger partial charge in [-0.2, -0.15) is 0 Å². The van der Waals surface area contributed by atoms with Crippen molar-refractivity contribution in [1.29, 1.82) is 0 Å². The summed E-state index contributed by atoms with van der Waals surface area (Å²) in [6.45, 7) is 1.55. The number of nitrogens with one attached hydrogen (secondary N) is 1. The van der Waals surface area contributed by atoms with Gasteiger partial charge < -0.3 is 15.5 Å². The minimum atomic E-state index is -0.909. The Labute approximate surface area is 75.8 Å². The van der Waals surface area contributed by atoms with E-state index in [1.165, 1.54) is 12.1 Å². The maximum atomic E-state index is 10.5. The van der Waals surface area contributed by atoms with Gasteiger partial charge in [-0.1, -0.05) is 0 Å². The largest absolute Gasteiger partial charge is 0.508 e. The molecule has 0 bridgehead atoms. The van der Waals surface area contributed by atoms with Crippen LogP contribution in [0.5, 0.6) is 5.75 Å². The van der Waals surface area contributed by atoms with Gasteiger partial charge in [-0.3, -0.25) is 4.79 Å². The molecule has 13 heavy (non-hydrogen) atoms. The maximum absolute atomic E-state index is 10.5. The molecular formula is C9H11NO3. The molecule has 0 aromatic heterocycles. The Hall–Kier alpha value is -1.71. The van der Waals surface area contributed by atoms with Crippen LogP contribution in [0, 0.1) is 0 Å². The number of phenols is 1. The van der Waals surface area contributed by atoms with E-state index in [4.69, 9.17) is 10.2 Å². The summed E-state index contributed by atoms with van der Waals surface area (Å²) in [7, 11) is 0. The Balaban J connectivity index is 2.64. The molecule has 0 aliphatic heterocycles. The van der Waals surface area contributed by atoms with E-state index in [-0.39, 0.29) is 5.75 Å². The Morgan fingerprint density at radius 2 is 1.92 bits per heavy atom. The number of aromatic hydroxyl groups is 1. The number of anilines is 1. The molecule has 0 spiro atoms. The molecule has 1 rings (SSSR count). The van der Waals surface area contributed by atoms with Gasteiger partial charge in [-0.25, -0.2) is 0 Å². The lowest BCUT2D eigenvalue weighted by Crippen LogP contribution is -2.25. The van der Waals surface area contributed by atoms with Crippen LogP contribution in [0.15, 0.2) is 24.3 Å². The van der Waals surface area contributed by atoms with Gasteiger partial charge in [0.1, 0.15) is 11.8 Å². The average molecular weight is 181 g/mol. The molecular weight excluding hydrogens is 170 g/mol. The standard InChI is InChI=1S/C9H11NO3/c1-6(9(12)13)10-7-2-4-8(11)5-3-7/h2-6,10-11H,1H3,(H,12,13)/t6-/m1/s1. The highest BCUT2D eigenvalue weighted by atomic mass is 16.4. The first-order chi connectivity index (χ1) is 6.09. The van der Waals surface area contributed by atoms with Gasteiger partial charge in [-0.15, -0.1) is 0 Å². The second kappa shape index (κ2) is 3.80. The Morgan fingerprint density at radius 3 is 2.38 bits per heavy atom. The number of carboxylic acids is 1. The Kier molecular flexibility index (Phi) is 2.74. The second-order valence-electron chi connectivity index (χ2n) is 2.75. The van der Waals surface area contributed by atoms with Crippen LogP contribution in [0.25, 0.3) is 0 Å². The molecule has 0 saturated heterocycles. The normalized spacial score (nSPS) is 12.1. The predicted octanol–water partition coefficient (Wildman–Crippen LogP) is 1.28. The van der Waals surface area contributed by atoms with Crippen molar-refractivity contribution in [2.75, 3.05) is 5.32 Å². The predicted molar refractivity (Wildman–Crippen MR) is 48.8 cm³/mol. The number of aliphatic carboxylic acids is 1. The molecule has 0 fully saturated rings. The summed E-state index contributed by atoms with van der Waals surface area (Å²) in [5.74, 6) is -0.749. The minimum Gasteiger partial charge on any atom is -0.508 e. The van der Waals surface area contributed by atoms with Gasteiger partial charge in [-0.05, 0) is 31.2 Å². The van der Waals surface area contributed by atoms with Gasteiger partial charge in [0.2, 0.25) is 0 Å². The molecule has 3 N–H and O–H groups in total. The first-order valence-corrected chi connectivity index (χ1v) is 3.88. The lowest BCUT2D eigenvalue weighted by Gasteiger charge is -2.09. The fraction of sp³-hybridized carbons (Fsp3) is 0.222. The van der Waals surface area contributed by atoms with Crippen LogP contribution in [0.4, 0.5) is 5.69 Å². The number of hydrogen-bond donors (Lipinski definition) is 3. The summed E-state index contributed by atoms with van der Waals surface area (Å²) in [6.07, 6.45) is 0. The third-order valence-electron chi connectivity index (χ3n) is 1.62. The molecule has 70 valence electrons. The van der Waals surface area contributed by atoms with Crippen molar-refractivity contribution in [2.45, 2.75) is 13.0 Å². The molecule has 1 aromatic carbocycles. The smallest absolute Gasteiger partial charge is 0.325 e. The van der Waals surface area contributed by atoms with Crippen LogP contribution in [0.1, 0.15) is 6.92 Å². The van der Waals surface area contributed by atoms with Crippen molar-refractivity contribution < 1.29 is 15.0 Å². The lowest BCUT2D eigenvalue weighted by atomic mass is 10.2. The van der Waals surface area contributed by atoms with Gasteiger partial charge in [0.15, 0.2) is 0 Å². The minimum absolute atomic E-state index is 0.161. The molecule has 0 amide bonds. The van der Waals surface area contributed by atoms with Gasteiger partial charge in [0.05, 0.1) is 0 Å². The molecule has 1 atom stereocenters. The zero-order valence-corrected chi connectivity index (χ0v) is 7.19. The number of carbonyl (C=O) groups is 1. The first-order valence-electron chi connectivity index (χ1n) is 3.88. The molecule has 1 aromatic rings. The van der Waals surface area contributed by atoms with E-state index < -0.39 is 12.0 Å². The number of rotatable bonds is 3. The highest BCUT2D eigenvalue weighted by Gasteiger charge is 2.09. The first kappa shape index (κ1) is 9.38. The molecule has 4 heteroatoms. The highest BCUT2D eigenvalue weighted by Crippen LogP contribution is 2.14. The molecule has 0 aliphatic rings. The van der Waals surface area contributed by atoms with Crippen molar-refractivity contribution >= 4 is 11.7 Å². The maximum Gasteiger partial charge on any atom is 0.325 e. The van der Waals surface area contributed by atoms with E-state index in [1.54, 1.807) is 19.1 Å². The molecule has 0 radical (unpaired) electrons. The lowest BCUT2D eigenvalue weighted by molar-refractivity contribution is -0.137. The van der Waals surface area contributed by atoms with Crippen LogP contribution in [-0.2, 0) is 4.79 Å². The summed E-state index contributed by atoms with van der Waals surface area (Å²) >= 11 is 0. The van der Waals surface area contributed by atoms with Crippen molar-refractivity contribution in [3.8, 4) is 5.75 Å². The fourth-order valence-corrected chi connectivity index (χ4v) is 0.869. The summed E-state index contributed by atoms with van der Waals surface area (Å²) in [5, 5.41) is 20.3. The van der Waals surface area contributed by atoms with Crippen molar-refractivity contribution in [3.05, 3.63) is 24.3 Å². The number of benzene rings is 1. The molecule has 0 unspecified atom stereocenters. The van der Waals surface area contributed by atoms with E-state index in [2.05, 4.69) is 5.32 Å². The zero-order chi connectivity index (χ0) is 9.84. The van der Waals surface area contributed by atoms with Gasteiger partial charge in [0.25, 0.3) is 0 Å². The van der Waals surface area contributed by atoms with Crippen LogP contribution in [0.3, 0.4) is 0 Å². The summed E-state index contributed by atoms with van der Waals surface area (Å²) in [5.41, 5.74) is 0.674. The summed E-state index contributed by atoms with van der Waals surface area (Å²) in [6, 6.07) is 5.60. The van der Waals surface area contributed by atoms with Crippen LogP contribution >= 0.6 is 0 Å². The SMILES string of the molecule is C[C@@H](Nc1ccc(O)cc1)C(=O)O. The highest BCUT2D eigenvalue weighted by molar-refractivity contribution is 5.76. The van der Waals surface area contributed by atoms with E-state index >= 15 is 0 Å². The molecule has 0 aliphatic carbocycles. The van der Waals surface area contributed by atoms with Crippen LogP contribution in [0.2, 0.25) is 0 Å². The number of phenolic OH excluding ortho intramolecular Hbond substituents is 1. The molecule has 0 saturated carbocycles. The van der Waals surface area contributed by atoms with E-state index in [0.717, 1.165) is 0 Å². The third-order valence-corrected chi connectivity index (χ3v) is 1.62. The quantitative estimate of drug-likeness (QED) is 0.614. The second-order valence-corrected chi connectivity index (χ2v) is 2.75.